The van der Waals surface area contributed by atoms with E-state index in [9.17, 15) is 14.3 Å². The van der Waals surface area contributed by atoms with Crippen LogP contribution in [0.2, 0.25) is 5.02 Å². The van der Waals surface area contributed by atoms with Crippen LogP contribution in [-0.2, 0) is 12.1 Å². The molecule has 0 bridgehead atoms. The molecular weight excluding hydrogens is 413 g/mol. The first-order valence-electron chi connectivity index (χ1n) is 9.02. The summed E-state index contributed by atoms with van der Waals surface area (Å²) in [5, 5.41) is 29.3. The molecule has 0 radical (unpaired) electrons. The maximum absolute atomic E-state index is 14.4. The van der Waals surface area contributed by atoms with E-state index in [1.165, 1.54) is 32.0 Å². The normalized spacial score (nSPS) is 12.4. The Hall–Kier alpha value is -3.22. The van der Waals surface area contributed by atoms with Crippen LogP contribution in [0.25, 0.3) is 11.3 Å². The standard InChI is InChI=1S/C20H19ClFN5O3/c1-11(24-19(28)15-8-16(30-26-15)20(2,3)29)10-27-7-6-14(25-27)13-5-4-12(9-23)17(21)18(13)22/h4-8,11,29H,10H2,1-3H3,(H,24,28). The van der Waals surface area contributed by atoms with Gasteiger partial charge in [0.25, 0.3) is 5.91 Å². The predicted molar refractivity (Wildman–Crippen MR) is 106 cm³/mol. The Balaban J connectivity index is 1.67. The van der Waals surface area contributed by atoms with E-state index >= 15 is 0 Å². The molecule has 1 amide bonds. The van der Waals surface area contributed by atoms with Crippen molar-refractivity contribution in [2.75, 3.05) is 0 Å². The van der Waals surface area contributed by atoms with Crippen molar-refractivity contribution in [1.29, 1.82) is 5.26 Å². The number of nitrogens with zero attached hydrogens (tertiary/aromatic N) is 4. The number of hydrogen-bond acceptors (Lipinski definition) is 6. The van der Waals surface area contributed by atoms with Gasteiger partial charge in [-0.3, -0.25) is 9.48 Å². The zero-order chi connectivity index (χ0) is 22.1. The van der Waals surface area contributed by atoms with Crippen molar-refractivity contribution < 1.29 is 18.8 Å². The van der Waals surface area contributed by atoms with Gasteiger partial charge in [-0.2, -0.15) is 10.4 Å². The molecule has 8 nitrogen and oxygen atoms in total. The summed E-state index contributed by atoms with van der Waals surface area (Å²) in [6.07, 6.45) is 1.64. The van der Waals surface area contributed by atoms with Gasteiger partial charge >= 0.3 is 0 Å². The number of aromatic nitrogens is 3. The minimum absolute atomic E-state index is 0.0503. The molecule has 30 heavy (non-hydrogen) atoms. The molecule has 0 aliphatic rings. The molecule has 2 N–H and O–H groups in total. The maximum Gasteiger partial charge on any atom is 0.273 e. The van der Waals surface area contributed by atoms with Crippen LogP contribution < -0.4 is 5.32 Å². The molecule has 0 fully saturated rings. The molecule has 0 saturated carbocycles. The molecule has 0 saturated heterocycles. The predicted octanol–water partition coefficient (Wildman–Crippen LogP) is 3.25. The molecule has 1 aromatic carbocycles. The van der Waals surface area contributed by atoms with E-state index in [2.05, 4.69) is 15.6 Å². The van der Waals surface area contributed by atoms with E-state index in [-0.39, 0.29) is 33.6 Å². The van der Waals surface area contributed by atoms with E-state index in [0.717, 1.165) is 0 Å². The van der Waals surface area contributed by atoms with E-state index in [4.69, 9.17) is 21.4 Å². The lowest BCUT2D eigenvalue weighted by atomic mass is 10.1. The summed E-state index contributed by atoms with van der Waals surface area (Å²) in [6.45, 7) is 5.14. The molecule has 0 aliphatic heterocycles. The van der Waals surface area contributed by atoms with Gasteiger partial charge < -0.3 is 14.9 Å². The number of halogens is 2. The van der Waals surface area contributed by atoms with Crippen LogP contribution in [0.15, 0.2) is 35.0 Å². The first-order chi connectivity index (χ1) is 14.1. The third kappa shape index (κ3) is 4.50. The summed E-state index contributed by atoms with van der Waals surface area (Å²) < 4.78 is 21.0. The molecule has 0 spiro atoms. The Bertz CT molecular complexity index is 1130. The van der Waals surface area contributed by atoms with Crippen molar-refractivity contribution in [2.24, 2.45) is 0 Å². The van der Waals surface area contributed by atoms with Gasteiger partial charge in [-0.25, -0.2) is 4.39 Å². The van der Waals surface area contributed by atoms with Crippen molar-refractivity contribution in [3.05, 3.63) is 58.3 Å². The van der Waals surface area contributed by atoms with Crippen LogP contribution in [0.1, 0.15) is 42.6 Å². The second-order valence-corrected chi connectivity index (χ2v) is 7.71. The van der Waals surface area contributed by atoms with Crippen LogP contribution in [0.4, 0.5) is 4.39 Å². The molecule has 3 rings (SSSR count). The van der Waals surface area contributed by atoms with Crippen molar-refractivity contribution >= 4 is 17.5 Å². The summed E-state index contributed by atoms with van der Waals surface area (Å²) in [7, 11) is 0. The average molecular weight is 432 g/mol. The first-order valence-corrected chi connectivity index (χ1v) is 9.40. The van der Waals surface area contributed by atoms with Crippen molar-refractivity contribution in [3.8, 4) is 17.3 Å². The summed E-state index contributed by atoms with van der Waals surface area (Å²) in [4.78, 5) is 12.3. The number of benzene rings is 1. The summed E-state index contributed by atoms with van der Waals surface area (Å²) in [6, 6.07) is 7.37. The second kappa shape index (κ2) is 8.26. The van der Waals surface area contributed by atoms with Gasteiger partial charge in [-0.05, 0) is 39.0 Å². The first kappa shape index (κ1) is 21.5. The third-order valence-electron chi connectivity index (χ3n) is 4.30. The van der Waals surface area contributed by atoms with Gasteiger partial charge in [0.15, 0.2) is 17.3 Å². The fourth-order valence-corrected chi connectivity index (χ4v) is 2.94. The molecule has 156 valence electrons. The van der Waals surface area contributed by atoms with E-state index in [1.807, 2.05) is 6.07 Å². The SMILES string of the molecule is CC(Cn1ccc(-c2ccc(C#N)c(Cl)c2F)n1)NC(=O)c1cc(C(C)(C)O)on1. The number of nitriles is 1. The van der Waals surface area contributed by atoms with Gasteiger partial charge in [0.2, 0.25) is 0 Å². The minimum atomic E-state index is -1.24. The van der Waals surface area contributed by atoms with Gasteiger partial charge in [-0.1, -0.05) is 16.8 Å². The van der Waals surface area contributed by atoms with Crippen LogP contribution in [-0.4, -0.2) is 32.0 Å². The number of aliphatic hydroxyl groups is 1. The van der Waals surface area contributed by atoms with E-state index in [0.29, 0.717) is 12.2 Å². The Kier molecular flexibility index (Phi) is 5.92. The number of rotatable bonds is 6. The highest BCUT2D eigenvalue weighted by atomic mass is 35.5. The second-order valence-electron chi connectivity index (χ2n) is 7.33. The molecule has 10 heteroatoms. The quantitative estimate of drug-likeness (QED) is 0.618. The number of carbonyl (C=O) groups excluding carboxylic acids is 1. The topological polar surface area (TPSA) is 117 Å². The Morgan fingerprint density at radius 3 is 2.83 bits per heavy atom. The summed E-state index contributed by atoms with van der Waals surface area (Å²) >= 11 is 5.88. The van der Waals surface area contributed by atoms with Crippen LogP contribution >= 0.6 is 11.6 Å². The average Bonchev–Trinajstić information content (AvgIpc) is 3.33. The zero-order valence-electron chi connectivity index (χ0n) is 16.5. The lowest BCUT2D eigenvalue weighted by molar-refractivity contribution is 0.0474. The maximum atomic E-state index is 14.4. The Morgan fingerprint density at radius 2 is 2.20 bits per heavy atom. The van der Waals surface area contributed by atoms with Crippen LogP contribution in [0.3, 0.4) is 0 Å². The lowest BCUT2D eigenvalue weighted by Gasteiger charge is -2.13. The minimum Gasteiger partial charge on any atom is -0.382 e. The molecule has 3 aromatic rings. The van der Waals surface area contributed by atoms with Crippen LogP contribution in [0.5, 0.6) is 0 Å². The number of amides is 1. The van der Waals surface area contributed by atoms with Crippen molar-refractivity contribution in [1.82, 2.24) is 20.3 Å². The molecule has 2 heterocycles. The Morgan fingerprint density at radius 1 is 1.47 bits per heavy atom. The zero-order valence-corrected chi connectivity index (χ0v) is 17.2. The van der Waals surface area contributed by atoms with Crippen LogP contribution in [0, 0.1) is 17.1 Å². The largest absolute Gasteiger partial charge is 0.382 e. The van der Waals surface area contributed by atoms with Gasteiger partial charge in [0.05, 0.1) is 22.8 Å². The molecule has 2 aromatic heterocycles. The fourth-order valence-electron chi connectivity index (χ4n) is 2.74. The monoisotopic (exact) mass is 431 g/mol. The highest BCUT2D eigenvalue weighted by Crippen LogP contribution is 2.29. The van der Waals surface area contributed by atoms with E-state index in [1.54, 1.807) is 23.9 Å². The molecule has 1 atom stereocenters. The highest BCUT2D eigenvalue weighted by Gasteiger charge is 2.24. The summed E-state index contributed by atoms with van der Waals surface area (Å²) in [5.74, 6) is -0.991. The number of nitrogens with one attached hydrogen (secondary N) is 1. The fraction of sp³-hybridized carbons (Fsp3) is 0.300. The van der Waals surface area contributed by atoms with Gasteiger partial charge in [0.1, 0.15) is 11.7 Å². The Labute approximate surface area is 176 Å². The lowest BCUT2D eigenvalue weighted by Crippen LogP contribution is -2.36. The third-order valence-corrected chi connectivity index (χ3v) is 4.67. The molecule has 0 aliphatic carbocycles. The van der Waals surface area contributed by atoms with Crippen molar-refractivity contribution in [2.45, 2.75) is 39.0 Å². The van der Waals surface area contributed by atoms with Crippen molar-refractivity contribution in [3.63, 3.8) is 0 Å². The number of hydrogen-bond donors (Lipinski definition) is 2. The smallest absolute Gasteiger partial charge is 0.273 e. The van der Waals surface area contributed by atoms with Gasteiger partial charge in [-0.15, -0.1) is 0 Å². The highest BCUT2D eigenvalue weighted by molar-refractivity contribution is 6.32. The van der Waals surface area contributed by atoms with E-state index < -0.39 is 17.3 Å². The summed E-state index contributed by atoms with van der Waals surface area (Å²) in [5.41, 5.74) is -0.615. The molecule has 1 unspecified atom stereocenters. The molecular formula is C20H19ClFN5O3. The van der Waals surface area contributed by atoms with Gasteiger partial charge in [0, 0.05) is 23.9 Å². The number of carbonyl (C=O) groups is 1.